The normalized spacial score (nSPS) is 16.1. The molecular formula is C24H18F2N4O3S. The van der Waals surface area contributed by atoms with Crippen LogP contribution in [-0.4, -0.2) is 18.5 Å². The number of nitrogens with zero attached hydrogens (tertiary/aromatic N) is 2. The van der Waals surface area contributed by atoms with E-state index in [4.69, 9.17) is 9.52 Å². The number of fused-ring (bicyclic) bond motifs is 1. The molecule has 0 saturated heterocycles. The van der Waals surface area contributed by atoms with Gasteiger partial charge in [-0.05, 0) is 49.2 Å². The number of hydrogen-bond donors (Lipinski definition) is 2. The van der Waals surface area contributed by atoms with Crippen LogP contribution in [0.25, 0.3) is 22.0 Å². The molecule has 4 aromatic rings. The quantitative estimate of drug-likeness (QED) is 0.415. The van der Waals surface area contributed by atoms with Crippen molar-refractivity contribution >= 4 is 20.6 Å². The predicted octanol–water partition coefficient (Wildman–Crippen LogP) is 5.07. The fraction of sp³-hybridized carbons (Fsp3) is 0.167. The summed E-state index contributed by atoms with van der Waals surface area (Å²) in [6.07, 6.45) is 3.89. The molecule has 2 aromatic heterocycles. The van der Waals surface area contributed by atoms with Gasteiger partial charge in [-0.1, -0.05) is 0 Å². The molecule has 2 N–H and O–H groups in total. The Morgan fingerprint density at radius 1 is 1.15 bits per heavy atom. The Labute approximate surface area is 193 Å². The largest absolute Gasteiger partial charge is 0.454 e. The first-order chi connectivity index (χ1) is 16.2. The van der Waals surface area contributed by atoms with Crippen LogP contribution in [0.5, 0.6) is 11.5 Å². The van der Waals surface area contributed by atoms with Gasteiger partial charge in [0.1, 0.15) is 21.8 Å². The number of aromatic nitrogens is 2. The molecule has 5 rings (SSSR count). The number of pyridine rings is 1. The molecule has 2 heterocycles. The smallest absolute Gasteiger partial charge is 0.274 e. The van der Waals surface area contributed by atoms with Crippen LogP contribution in [0.1, 0.15) is 12.8 Å². The number of aryl methyl sites for hydroxylation is 1. The highest BCUT2D eigenvalue weighted by Crippen LogP contribution is 2.48. The van der Waals surface area contributed by atoms with Gasteiger partial charge < -0.3 is 14.3 Å². The highest BCUT2D eigenvalue weighted by Gasteiger charge is 2.53. The van der Waals surface area contributed by atoms with Crippen molar-refractivity contribution in [3.63, 3.8) is 0 Å². The predicted molar refractivity (Wildman–Crippen MR) is 122 cm³/mol. The van der Waals surface area contributed by atoms with Gasteiger partial charge in [0, 0.05) is 46.9 Å². The van der Waals surface area contributed by atoms with E-state index in [0.717, 1.165) is 12.1 Å². The van der Waals surface area contributed by atoms with E-state index in [9.17, 15) is 23.0 Å². The molecule has 0 radical (unpaired) electrons. The summed E-state index contributed by atoms with van der Waals surface area (Å²) in [4.78, 5) is 15.6. The summed E-state index contributed by atoms with van der Waals surface area (Å²) in [5.74, 6) is -1.75. The number of H-pyrrole nitrogens is 1. The first kappa shape index (κ1) is 21.9. The second-order valence-corrected chi connectivity index (χ2v) is 10.6. The van der Waals surface area contributed by atoms with Gasteiger partial charge in [-0.3, -0.25) is 4.79 Å². The maximum atomic E-state index is 14.3. The second-order valence-electron chi connectivity index (χ2n) is 8.22. The molecule has 0 bridgehead atoms. The van der Waals surface area contributed by atoms with Crippen molar-refractivity contribution in [2.75, 3.05) is 0 Å². The van der Waals surface area contributed by atoms with E-state index in [2.05, 4.69) is 4.98 Å². The van der Waals surface area contributed by atoms with Crippen LogP contribution in [0.15, 0.2) is 64.5 Å². The third-order valence-electron chi connectivity index (χ3n) is 6.04. The molecule has 1 atom stereocenters. The number of benzene rings is 2. The Kier molecular flexibility index (Phi) is 4.84. The standard InChI is InChI=1S/C24H18F2N4O3S/c1-30-12-18(16-6-9-29-22(16)23(30)31)17-11-15(34(28,32)24(13-27)7-8-24)3-5-20(17)33-21-4-2-14(25)10-19(21)26/h2-6,9-12,28-29H,7-8H2,1H3. The maximum absolute atomic E-state index is 14.3. The molecular weight excluding hydrogens is 462 g/mol. The maximum Gasteiger partial charge on any atom is 0.274 e. The summed E-state index contributed by atoms with van der Waals surface area (Å²) in [5.41, 5.74) is 0.911. The summed E-state index contributed by atoms with van der Waals surface area (Å²) in [5, 5.41) is 10.1. The van der Waals surface area contributed by atoms with Gasteiger partial charge in [0.25, 0.3) is 5.56 Å². The summed E-state index contributed by atoms with van der Waals surface area (Å²) < 4.78 is 55.6. The number of halogens is 2. The Hall–Kier alpha value is -3.97. The fourth-order valence-electron chi connectivity index (χ4n) is 3.95. The number of rotatable bonds is 5. The third-order valence-corrected chi connectivity index (χ3v) is 8.56. The molecule has 1 fully saturated rings. The molecule has 7 nitrogen and oxygen atoms in total. The Morgan fingerprint density at radius 2 is 1.88 bits per heavy atom. The molecule has 1 aliphatic rings. The average Bonchev–Trinajstić information content (AvgIpc) is 3.48. The van der Waals surface area contributed by atoms with Crippen LogP contribution >= 0.6 is 0 Å². The Bertz CT molecular complexity index is 1680. The van der Waals surface area contributed by atoms with Crippen LogP contribution in [0, 0.1) is 27.7 Å². The van der Waals surface area contributed by atoms with E-state index in [1.54, 1.807) is 25.5 Å². The zero-order chi connectivity index (χ0) is 24.3. The summed E-state index contributed by atoms with van der Waals surface area (Å²) >= 11 is 0. The lowest BCUT2D eigenvalue weighted by atomic mass is 10.0. The summed E-state index contributed by atoms with van der Waals surface area (Å²) in [7, 11) is -1.92. The average molecular weight is 480 g/mol. The summed E-state index contributed by atoms with van der Waals surface area (Å²) in [6, 6.07) is 11.0. The molecule has 1 saturated carbocycles. The summed E-state index contributed by atoms with van der Waals surface area (Å²) in [6.45, 7) is 0. The lowest BCUT2D eigenvalue weighted by molar-refractivity contribution is 0.438. The number of aromatic amines is 1. The van der Waals surface area contributed by atoms with Gasteiger partial charge in [-0.15, -0.1) is 0 Å². The molecule has 34 heavy (non-hydrogen) atoms. The second kappa shape index (κ2) is 7.53. The lowest BCUT2D eigenvalue weighted by Gasteiger charge is -2.18. The van der Waals surface area contributed by atoms with Crippen molar-refractivity contribution in [1.29, 1.82) is 10.0 Å². The molecule has 1 unspecified atom stereocenters. The topological polar surface area (TPSA) is 112 Å². The molecule has 0 spiro atoms. The van der Waals surface area contributed by atoms with Crippen molar-refractivity contribution in [2.24, 2.45) is 7.05 Å². The van der Waals surface area contributed by atoms with Crippen LogP contribution in [0.4, 0.5) is 8.78 Å². The highest BCUT2D eigenvalue weighted by molar-refractivity contribution is 7.94. The minimum atomic E-state index is -3.49. The van der Waals surface area contributed by atoms with E-state index in [0.29, 0.717) is 40.9 Å². The van der Waals surface area contributed by atoms with E-state index >= 15 is 0 Å². The molecule has 10 heteroatoms. The van der Waals surface area contributed by atoms with Gasteiger partial charge in [0.2, 0.25) is 0 Å². The van der Waals surface area contributed by atoms with E-state index in [1.165, 1.54) is 22.8 Å². The zero-order valence-corrected chi connectivity index (χ0v) is 18.7. The highest BCUT2D eigenvalue weighted by atomic mass is 32.2. The zero-order valence-electron chi connectivity index (χ0n) is 17.9. The number of ether oxygens (including phenoxy) is 1. The third kappa shape index (κ3) is 3.28. The van der Waals surface area contributed by atoms with Gasteiger partial charge in [-0.2, -0.15) is 5.26 Å². The van der Waals surface area contributed by atoms with Crippen molar-refractivity contribution in [3.05, 3.63) is 76.8 Å². The minimum Gasteiger partial charge on any atom is -0.454 e. The van der Waals surface area contributed by atoms with E-state index in [-0.39, 0.29) is 22.0 Å². The van der Waals surface area contributed by atoms with Crippen LogP contribution < -0.4 is 10.3 Å². The number of nitrogens with one attached hydrogen (secondary N) is 2. The molecule has 0 amide bonds. The van der Waals surface area contributed by atoms with Crippen molar-refractivity contribution in [3.8, 4) is 28.7 Å². The molecule has 0 aliphatic heterocycles. The van der Waals surface area contributed by atoms with Gasteiger partial charge in [0.15, 0.2) is 11.6 Å². The van der Waals surface area contributed by atoms with Gasteiger partial charge in [-0.25, -0.2) is 17.8 Å². The first-order valence-corrected chi connectivity index (χ1v) is 11.9. The lowest BCUT2D eigenvalue weighted by Crippen LogP contribution is -2.20. The van der Waals surface area contributed by atoms with Crippen LogP contribution in [-0.2, 0) is 16.8 Å². The molecule has 172 valence electrons. The Balaban J connectivity index is 1.75. The van der Waals surface area contributed by atoms with E-state index < -0.39 is 26.1 Å². The monoisotopic (exact) mass is 480 g/mol. The van der Waals surface area contributed by atoms with Gasteiger partial charge >= 0.3 is 0 Å². The first-order valence-electron chi connectivity index (χ1n) is 10.3. The van der Waals surface area contributed by atoms with Crippen LogP contribution in [0.3, 0.4) is 0 Å². The Morgan fingerprint density at radius 3 is 2.56 bits per heavy atom. The van der Waals surface area contributed by atoms with Crippen LogP contribution in [0.2, 0.25) is 0 Å². The SMILES string of the molecule is Cn1cc(-c2cc(S(=N)(=O)C3(C#N)CC3)ccc2Oc2ccc(F)cc2F)c2cc[nH]c2c1=O. The number of hydrogen-bond acceptors (Lipinski definition) is 5. The fourth-order valence-corrected chi connectivity index (χ4v) is 5.75. The van der Waals surface area contributed by atoms with Crippen molar-refractivity contribution in [2.45, 2.75) is 22.5 Å². The minimum absolute atomic E-state index is 0.131. The van der Waals surface area contributed by atoms with E-state index in [1.807, 2.05) is 6.07 Å². The van der Waals surface area contributed by atoms with Gasteiger partial charge in [0.05, 0.1) is 15.8 Å². The molecule has 2 aromatic carbocycles. The number of nitriles is 1. The molecule has 1 aliphatic carbocycles. The van der Waals surface area contributed by atoms with Crippen molar-refractivity contribution in [1.82, 2.24) is 9.55 Å². The van der Waals surface area contributed by atoms with Crippen molar-refractivity contribution < 1.29 is 17.7 Å².